The van der Waals surface area contributed by atoms with E-state index in [0.717, 1.165) is 28.1 Å². The quantitative estimate of drug-likeness (QED) is 0.662. The molecule has 2 heteroatoms. The zero-order valence-electron chi connectivity index (χ0n) is 12.5. The van der Waals surface area contributed by atoms with E-state index in [4.69, 9.17) is 0 Å². The molecule has 3 aromatic carbocycles. The number of para-hydroxylation sites is 1. The fourth-order valence-electron chi connectivity index (χ4n) is 2.93. The molecule has 0 bridgehead atoms. The standard InChI is InChI=1S/C21H15NO/c23-21-19-14-8-7-13-18(19)20(15-16-9-3-1-4-10-16)22(21)17-11-5-2-6-12-17/h1-15H/b20-15+. The second kappa shape index (κ2) is 5.58. The van der Waals surface area contributed by atoms with Gasteiger partial charge in [-0.05, 0) is 29.8 Å². The van der Waals surface area contributed by atoms with Gasteiger partial charge < -0.3 is 0 Å². The van der Waals surface area contributed by atoms with Gasteiger partial charge in [0.05, 0.1) is 5.70 Å². The topological polar surface area (TPSA) is 20.3 Å². The van der Waals surface area contributed by atoms with Crippen LogP contribution in [0.2, 0.25) is 0 Å². The predicted molar refractivity (Wildman–Crippen MR) is 94.0 cm³/mol. The molecule has 23 heavy (non-hydrogen) atoms. The maximum Gasteiger partial charge on any atom is 0.263 e. The minimum atomic E-state index is 0.0222. The van der Waals surface area contributed by atoms with E-state index in [1.165, 1.54) is 0 Å². The lowest BCUT2D eigenvalue weighted by Gasteiger charge is -2.18. The van der Waals surface area contributed by atoms with Gasteiger partial charge in [0, 0.05) is 16.8 Å². The summed E-state index contributed by atoms with van der Waals surface area (Å²) in [5, 5.41) is 0. The molecular weight excluding hydrogens is 282 g/mol. The van der Waals surface area contributed by atoms with Crippen LogP contribution in [0.1, 0.15) is 21.5 Å². The number of carbonyl (C=O) groups is 1. The summed E-state index contributed by atoms with van der Waals surface area (Å²) in [4.78, 5) is 14.7. The Morgan fingerprint density at radius 1 is 0.652 bits per heavy atom. The smallest absolute Gasteiger partial charge is 0.263 e. The summed E-state index contributed by atoms with van der Waals surface area (Å²) in [7, 11) is 0. The van der Waals surface area contributed by atoms with Gasteiger partial charge in [-0.2, -0.15) is 0 Å². The van der Waals surface area contributed by atoms with E-state index in [0.29, 0.717) is 0 Å². The number of anilines is 1. The minimum absolute atomic E-state index is 0.0222. The van der Waals surface area contributed by atoms with Crippen LogP contribution < -0.4 is 4.90 Å². The summed E-state index contributed by atoms with van der Waals surface area (Å²) in [6, 6.07) is 27.6. The Hall–Kier alpha value is -3.13. The van der Waals surface area contributed by atoms with Crippen molar-refractivity contribution in [2.75, 3.05) is 4.90 Å². The third kappa shape index (κ3) is 2.34. The van der Waals surface area contributed by atoms with Gasteiger partial charge in [0.15, 0.2) is 0 Å². The second-order valence-electron chi connectivity index (χ2n) is 5.46. The van der Waals surface area contributed by atoms with Crippen LogP contribution in [-0.2, 0) is 0 Å². The van der Waals surface area contributed by atoms with Gasteiger partial charge in [-0.1, -0.05) is 66.7 Å². The zero-order valence-corrected chi connectivity index (χ0v) is 12.5. The Labute approximate surface area is 135 Å². The summed E-state index contributed by atoms with van der Waals surface area (Å²) in [6.45, 7) is 0. The van der Waals surface area contributed by atoms with E-state index < -0.39 is 0 Å². The number of hydrogen-bond acceptors (Lipinski definition) is 1. The van der Waals surface area contributed by atoms with Gasteiger partial charge in [0.2, 0.25) is 0 Å². The fourth-order valence-corrected chi connectivity index (χ4v) is 2.93. The Morgan fingerprint density at radius 2 is 1.22 bits per heavy atom. The van der Waals surface area contributed by atoms with Crippen molar-refractivity contribution < 1.29 is 4.79 Å². The zero-order chi connectivity index (χ0) is 15.6. The molecule has 0 atom stereocenters. The highest BCUT2D eigenvalue weighted by Gasteiger charge is 2.32. The Morgan fingerprint density at radius 3 is 1.91 bits per heavy atom. The molecule has 0 aromatic heterocycles. The van der Waals surface area contributed by atoms with Crippen molar-refractivity contribution in [3.05, 3.63) is 102 Å². The number of fused-ring (bicyclic) bond motifs is 1. The van der Waals surface area contributed by atoms with Crippen LogP contribution >= 0.6 is 0 Å². The molecular formula is C21H15NO. The summed E-state index contributed by atoms with van der Waals surface area (Å²) < 4.78 is 0. The normalized spacial score (nSPS) is 15.0. The molecule has 1 aliphatic heterocycles. The van der Waals surface area contributed by atoms with Crippen LogP contribution in [0.5, 0.6) is 0 Å². The molecule has 0 radical (unpaired) electrons. The average Bonchev–Trinajstić information content (AvgIpc) is 2.89. The number of benzene rings is 3. The molecule has 1 heterocycles. The highest BCUT2D eigenvalue weighted by molar-refractivity contribution is 6.24. The molecule has 110 valence electrons. The highest BCUT2D eigenvalue weighted by Crippen LogP contribution is 2.37. The van der Waals surface area contributed by atoms with Gasteiger partial charge >= 0.3 is 0 Å². The molecule has 0 unspecified atom stereocenters. The molecule has 2 nitrogen and oxygen atoms in total. The van der Waals surface area contributed by atoms with E-state index in [9.17, 15) is 4.79 Å². The summed E-state index contributed by atoms with van der Waals surface area (Å²) in [5.41, 5.74) is 4.61. The number of amides is 1. The molecule has 3 aromatic rings. The largest absolute Gasteiger partial charge is 0.276 e. The van der Waals surface area contributed by atoms with Crippen LogP contribution in [0.4, 0.5) is 5.69 Å². The summed E-state index contributed by atoms with van der Waals surface area (Å²) in [5.74, 6) is 0.0222. The number of nitrogens with zero attached hydrogens (tertiary/aromatic N) is 1. The van der Waals surface area contributed by atoms with Crippen molar-refractivity contribution in [2.24, 2.45) is 0 Å². The van der Waals surface area contributed by atoms with Crippen molar-refractivity contribution in [2.45, 2.75) is 0 Å². The van der Waals surface area contributed by atoms with Crippen molar-refractivity contribution >= 4 is 23.4 Å². The Balaban J connectivity index is 1.91. The van der Waals surface area contributed by atoms with E-state index in [1.807, 2.05) is 84.9 Å². The Bertz CT molecular complexity index is 882. The predicted octanol–water partition coefficient (Wildman–Crippen LogP) is 4.85. The molecule has 4 rings (SSSR count). The molecule has 1 aliphatic rings. The van der Waals surface area contributed by atoms with Gasteiger partial charge in [-0.3, -0.25) is 9.69 Å². The van der Waals surface area contributed by atoms with Gasteiger partial charge in [0.1, 0.15) is 0 Å². The molecule has 0 saturated carbocycles. The third-order valence-electron chi connectivity index (χ3n) is 3.99. The fraction of sp³-hybridized carbons (Fsp3) is 0. The molecule has 0 saturated heterocycles. The first-order valence-corrected chi connectivity index (χ1v) is 7.60. The monoisotopic (exact) mass is 297 g/mol. The van der Waals surface area contributed by atoms with Gasteiger partial charge in [-0.15, -0.1) is 0 Å². The SMILES string of the molecule is O=C1c2ccccc2/C(=C\c2ccccc2)N1c1ccccc1. The lowest BCUT2D eigenvalue weighted by Crippen LogP contribution is -2.22. The number of rotatable bonds is 2. The lowest BCUT2D eigenvalue weighted by molar-refractivity contribution is 0.101. The third-order valence-corrected chi connectivity index (χ3v) is 3.99. The second-order valence-corrected chi connectivity index (χ2v) is 5.46. The number of hydrogen-bond donors (Lipinski definition) is 0. The molecule has 0 aliphatic carbocycles. The van der Waals surface area contributed by atoms with Crippen molar-refractivity contribution in [3.8, 4) is 0 Å². The van der Waals surface area contributed by atoms with Gasteiger partial charge in [-0.25, -0.2) is 0 Å². The van der Waals surface area contributed by atoms with Crippen LogP contribution in [-0.4, -0.2) is 5.91 Å². The van der Waals surface area contributed by atoms with Crippen LogP contribution in [0.15, 0.2) is 84.9 Å². The molecule has 0 fully saturated rings. The highest BCUT2D eigenvalue weighted by atomic mass is 16.2. The van der Waals surface area contributed by atoms with Crippen LogP contribution in [0.25, 0.3) is 11.8 Å². The maximum atomic E-state index is 12.9. The molecule has 1 amide bonds. The van der Waals surface area contributed by atoms with Gasteiger partial charge in [0.25, 0.3) is 5.91 Å². The van der Waals surface area contributed by atoms with Crippen molar-refractivity contribution in [1.29, 1.82) is 0 Å². The van der Waals surface area contributed by atoms with Crippen LogP contribution in [0, 0.1) is 0 Å². The average molecular weight is 297 g/mol. The van der Waals surface area contributed by atoms with E-state index in [-0.39, 0.29) is 5.91 Å². The van der Waals surface area contributed by atoms with E-state index >= 15 is 0 Å². The first-order chi connectivity index (χ1) is 11.3. The first-order valence-electron chi connectivity index (χ1n) is 7.60. The van der Waals surface area contributed by atoms with Crippen molar-refractivity contribution in [1.82, 2.24) is 0 Å². The van der Waals surface area contributed by atoms with Crippen molar-refractivity contribution in [3.63, 3.8) is 0 Å². The Kier molecular flexibility index (Phi) is 3.28. The first kappa shape index (κ1) is 13.5. The summed E-state index contributed by atoms with van der Waals surface area (Å²) in [6.07, 6.45) is 2.07. The minimum Gasteiger partial charge on any atom is -0.276 e. The van der Waals surface area contributed by atoms with E-state index in [2.05, 4.69) is 6.08 Å². The lowest BCUT2D eigenvalue weighted by atomic mass is 10.1. The van der Waals surface area contributed by atoms with Crippen LogP contribution in [0.3, 0.4) is 0 Å². The van der Waals surface area contributed by atoms with E-state index in [1.54, 1.807) is 4.90 Å². The molecule has 0 N–H and O–H groups in total. The number of carbonyl (C=O) groups excluding carboxylic acids is 1. The summed E-state index contributed by atoms with van der Waals surface area (Å²) >= 11 is 0. The molecule has 0 spiro atoms. The maximum absolute atomic E-state index is 12.9.